The van der Waals surface area contributed by atoms with E-state index in [1.165, 1.54) is 11.0 Å². The Balaban J connectivity index is 1.71. The molecule has 0 radical (unpaired) electrons. The highest BCUT2D eigenvalue weighted by Crippen LogP contribution is 2.33. The standard InChI is InChI=1S/C24H26FN3O2/c1-3-26-12-14-27(15-13-26)22-21(18-10-8-17(2)9-11-18)23(29)28(24(22)30)16-19-6-4-5-7-20(19)25/h4-11H,3,12-16H2,1-2H3. The fourth-order valence-electron chi connectivity index (χ4n) is 4.07. The van der Waals surface area contributed by atoms with E-state index in [-0.39, 0.29) is 18.4 Å². The van der Waals surface area contributed by atoms with Crippen molar-refractivity contribution in [3.05, 3.63) is 76.7 Å². The van der Waals surface area contributed by atoms with Crippen LogP contribution in [0.15, 0.2) is 54.2 Å². The number of piperazine rings is 1. The predicted molar refractivity (Wildman–Crippen MR) is 114 cm³/mol. The quantitative estimate of drug-likeness (QED) is 0.715. The first-order valence-electron chi connectivity index (χ1n) is 10.4. The minimum atomic E-state index is -0.417. The van der Waals surface area contributed by atoms with Crippen molar-refractivity contribution in [3.63, 3.8) is 0 Å². The summed E-state index contributed by atoms with van der Waals surface area (Å²) in [4.78, 5) is 32.3. The molecule has 2 aliphatic rings. The lowest BCUT2D eigenvalue weighted by atomic mass is 10.0. The Kier molecular flexibility index (Phi) is 5.68. The Morgan fingerprint density at radius 3 is 2.20 bits per heavy atom. The summed E-state index contributed by atoms with van der Waals surface area (Å²) in [5, 5.41) is 0. The van der Waals surface area contributed by atoms with Gasteiger partial charge in [0, 0.05) is 31.7 Å². The Labute approximate surface area is 176 Å². The zero-order chi connectivity index (χ0) is 21.3. The van der Waals surface area contributed by atoms with Crippen LogP contribution in [0.1, 0.15) is 23.6 Å². The van der Waals surface area contributed by atoms with Crippen LogP contribution in [0.2, 0.25) is 0 Å². The van der Waals surface area contributed by atoms with E-state index in [4.69, 9.17) is 0 Å². The highest BCUT2D eigenvalue weighted by molar-refractivity contribution is 6.35. The largest absolute Gasteiger partial charge is 0.364 e. The Bertz CT molecular complexity index is 992. The molecule has 2 aromatic carbocycles. The van der Waals surface area contributed by atoms with Crippen molar-refractivity contribution in [3.8, 4) is 0 Å². The monoisotopic (exact) mass is 407 g/mol. The lowest BCUT2D eigenvalue weighted by molar-refractivity contribution is -0.138. The van der Waals surface area contributed by atoms with Gasteiger partial charge in [0.05, 0.1) is 12.1 Å². The average molecular weight is 407 g/mol. The van der Waals surface area contributed by atoms with Gasteiger partial charge in [-0.1, -0.05) is 55.0 Å². The third-order valence-corrected chi connectivity index (χ3v) is 5.91. The van der Waals surface area contributed by atoms with Crippen LogP contribution in [0.4, 0.5) is 4.39 Å². The number of benzene rings is 2. The topological polar surface area (TPSA) is 43.9 Å². The minimum absolute atomic E-state index is 0.0713. The van der Waals surface area contributed by atoms with E-state index in [0.717, 1.165) is 30.8 Å². The van der Waals surface area contributed by atoms with E-state index in [2.05, 4.69) is 11.8 Å². The van der Waals surface area contributed by atoms with Gasteiger partial charge in [0.1, 0.15) is 11.5 Å². The Morgan fingerprint density at radius 1 is 0.900 bits per heavy atom. The number of carbonyl (C=O) groups excluding carboxylic acids is 2. The number of amides is 2. The molecule has 2 amide bonds. The summed E-state index contributed by atoms with van der Waals surface area (Å²) in [7, 11) is 0. The van der Waals surface area contributed by atoms with Gasteiger partial charge in [-0.05, 0) is 25.1 Å². The van der Waals surface area contributed by atoms with Crippen LogP contribution < -0.4 is 0 Å². The van der Waals surface area contributed by atoms with Crippen molar-refractivity contribution >= 4 is 17.4 Å². The smallest absolute Gasteiger partial charge is 0.278 e. The summed E-state index contributed by atoms with van der Waals surface area (Å²) in [5.41, 5.74) is 3.00. The number of carbonyl (C=O) groups is 2. The second-order valence-electron chi connectivity index (χ2n) is 7.80. The van der Waals surface area contributed by atoms with E-state index in [9.17, 15) is 14.0 Å². The maximum Gasteiger partial charge on any atom is 0.278 e. The Hall–Kier alpha value is -2.99. The molecule has 0 saturated carbocycles. The molecule has 2 heterocycles. The van der Waals surface area contributed by atoms with Gasteiger partial charge in [-0.25, -0.2) is 4.39 Å². The summed E-state index contributed by atoms with van der Waals surface area (Å²) in [5.74, 6) is -1.12. The summed E-state index contributed by atoms with van der Waals surface area (Å²) in [6.07, 6.45) is 0. The van der Waals surface area contributed by atoms with Crippen LogP contribution in [-0.2, 0) is 16.1 Å². The third kappa shape index (κ3) is 3.75. The van der Waals surface area contributed by atoms with Crippen LogP contribution in [0.5, 0.6) is 0 Å². The highest BCUT2D eigenvalue weighted by atomic mass is 19.1. The second kappa shape index (κ2) is 8.40. The SMILES string of the molecule is CCN1CCN(C2=C(c3ccc(C)cc3)C(=O)N(Cc3ccccc3F)C2=O)CC1. The van der Waals surface area contributed by atoms with Crippen LogP contribution in [0, 0.1) is 12.7 Å². The molecular weight excluding hydrogens is 381 g/mol. The van der Waals surface area contributed by atoms with Crippen LogP contribution >= 0.6 is 0 Å². The minimum Gasteiger partial charge on any atom is -0.364 e. The van der Waals surface area contributed by atoms with E-state index >= 15 is 0 Å². The number of imide groups is 1. The summed E-state index contributed by atoms with van der Waals surface area (Å²) in [6.45, 7) is 8.05. The third-order valence-electron chi connectivity index (χ3n) is 5.91. The molecule has 0 aliphatic carbocycles. The molecule has 2 aliphatic heterocycles. The average Bonchev–Trinajstić information content (AvgIpc) is 3.00. The zero-order valence-electron chi connectivity index (χ0n) is 17.4. The molecule has 30 heavy (non-hydrogen) atoms. The van der Waals surface area contributed by atoms with Gasteiger partial charge in [-0.2, -0.15) is 0 Å². The van der Waals surface area contributed by atoms with Crippen molar-refractivity contribution in [2.24, 2.45) is 0 Å². The van der Waals surface area contributed by atoms with E-state index < -0.39 is 5.82 Å². The molecule has 0 bridgehead atoms. The molecule has 6 heteroatoms. The molecule has 0 unspecified atom stereocenters. The number of likely N-dealkylation sites (N-methyl/N-ethyl adjacent to an activating group) is 1. The molecule has 156 valence electrons. The lowest BCUT2D eigenvalue weighted by Gasteiger charge is -2.36. The maximum atomic E-state index is 14.2. The summed E-state index contributed by atoms with van der Waals surface area (Å²) >= 11 is 0. The van der Waals surface area contributed by atoms with E-state index in [0.29, 0.717) is 29.9 Å². The lowest BCUT2D eigenvalue weighted by Crippen LogP contribution is -2.47. The fraction of sp³-hybridized carbons (Fsp3) is 0.333. The van der Waals surface area contributed by atoms with Crippen LogP contribution in [0.3, 0.4) is 0 Å². The first-order valence-corrected chi connectivity index (χ1v) is 10.4. The van der Waals surface area contributed by atoms with Gasteiger partial charge in [0.2, 0.25) is 0 Å². The Morgan fingerprint density at radius 2 is 1.57 bits per heavy atom. The predicted octanol–water partition coefficient (Wildman–Crippen LogP) is 3.05. The highest BCUT2D eigenvalue weighted by Gasteiger charge is 2.42. The fourth-order valence-corrected chi connectivity index (χ4v) is 4.07. The summed E-state index contributed by atoms with van der Waals surface area (Å²) < 4.78 is 14.2. The van der Waals surface area contributed by atoms with Gasteiger partial charge >= 0.3 is 0 Å². The number of hydrogen-bond acceptors (Lipinski definition) is 4. The van der Waals surface area contributed by atoms with Crippen molar-refractivity contribution in [1.29, 1.82) is 0 Å². The van der Waals surface area contributed by atoms with E-state index in [1.54, 1.807) is 18.2 Å². The number of halogens is 1. The zero-order valence-corrected chi connectivity index (χ0v) is 17.4. The molecule has 4 rings (SSSR count). The molecular formula is C24H26FN3O2. The normalized spacial score (nSPS) is 18.0. The number of nitrogens with zero attached hydrogens (tertiary/aromatic N) is 3. The van der Waals surface area contributed by atoms with Crippen LogP contribution in [-0.4, -0.2) is 59.2 Å². The van der Waals surface area contributed by atoms with Crippen molar-refractivity contribution < 1.29 is 14.0 Å². The molecule has 5 nitrogen and oxygen atoms in total. The summed E-state index contributed by atoms with van der Waals surface area (Å²) in [6, 6.07) is 13.9. The van der Waals surface area contributed by atoms with Gasteiger partial charge < -0.3 is 9.80 Å². The van der Waals surface area contributed by atoms with Crippen molar-refractivity contribution in [1.82, 2.24) is 14.7 Å². The molecule has 1 fully saturated rings. The number of rotatable bonds is 5. The van der Waals surface area contributed by atoms with Crippen molar-refractivity contribution in [2.75, 3.05) is 32.7 Å². The van der Waals surface area contributed by atoms with Gasteiger partial charge in [-0.15, -0.1) is 0 Å². The van der Waals surface area contributed by atoms with Gasteiger partial charge in [0.15, 0.2) is 0 Å². The van der Waals surface area contributed by atoms with Gasteiger partial charge in [0.25, 0.3) is 11.8 Å². The van der Waals surface area contributed by atoms with E-state index in [1.807, 2.05) is 36.1 Å². The van der Waals surface area contributed by atoms with Gasteiger partial charge in [-0.3, -0.25) is 14.5 Å². The molecule has 2 aromatic rings. The number of hydrogen-bond donors (Lipinski definition) is 0. The number of aryl methyl sites for hydroxylation is 1. The molecule has 0 spiro atoms. The molecule has 1 saturated heterocycles. The first kappa shape index (κ1) is 20.3. The maximum absolute atomic E-state index is 14.2. The second-order valence-corrected chi connectivity index (χ2v) is 7.80. The first-order chi connectivity index (χ1) is 14.5. The molecule has 0 N–H and O–H groups in total. The van der Waals surface area contributed by atoms with Crippen molar-refractivity contribution in [2.45, 2.75) is 20.4 Å². The van der Waals surface area contributed by atoms with Crippen LogP contribution in [0.25, 0.3) is 5.57 Å². The molecule has 0 atom stereocenters. The molecule has 0 aromatic heterocycles.